The summed E-state index contributed by atoms with van der Waals surface area (Å²) in [5.41, 5.74) is 2.17. The van der Waals surface area contributed by atoms with E-state index in [0.717, 1.165) is 29.2 Å². The number of rotatable bonds is 7. The molecule has 2 N–H and O–H groups in total. The Bertz CT molecular complexity index is 476. The molecule has 3 nitrogen and oxygen atoms in total. The number of H-pyrrole nitrogens is 1. The van der Waals surface area contributed by atoms with Gasteiger partial charge in [-0.15, -0.1) is 0 Å². The minimum absolute atomic E-state index is 0.511. The number of nitrogens with zero attached hydrogens (tertiary/aromatic N) is 1. The van der Waals surface area contributed by atoms with Gasteiger partial charge in [-0.05, 0) is 31.5 Å². The fourth-order valence-corrected chi connectivity index (χ4v) is 3.34. The normalized spacial score (nSPS) is 14.7. The molecule has 0 fully saturated rings. The summed E-state index contributed by atoms with van der Waals surface area (Å²) in [5, 5.41) is 5.14. The van der Waals surface area contributed by atoms with Crippen LogP contribution in [0, 0.1) is 0 Å². The van der Waals surface area contributed by atoms with E-state index in [1.165, 1.54) is 6.42 Å². The van der Waals surface area contributed by atoms with Crippen molar-refractivity contribution in [2.75, 3.05) is 6.54 Å². The molecule has 0 aliphatic heterocycles. The molecule has 2 atom stereocenters. The average Bonchev–Trinajstić information content (AvgIpc) is 2.81. The second-order valence-corrected chi connectivity index (χ2v) is 6.22. The van der Waals surface area contributed by atoms with Crippen molar-refractivity contribution < 1.29 is 0 Å². The van der Waals surface area contributed by atoms with E-state index < -0.39 is 0 Å². The molecule has 0 aliphatic carbocycles. The Morgan fingerprint density at radius 2 is 2.11 bits per heavy atom. The number of hydrogen-bond acceptors (Lipinski definition) is 3. The van der Waals surface area contributed by atoms with Gasteiger partial charge in [-0.25, -0.2) is 4.98 Å². The lowest BCUT2D eigenvalue weighted by atomic mass is 10.1. The highest BCUT2D eigenvalue weighted by atomic mass is 32.2. The van der Waals surface area contributed by atoms with E-state index in [9.17, 15) is 0 Å². The molecule has 4 heteroatoms. The van der Waals surface area contributed by atoms with Crippen molar-refractivity contribution in [2.24, 2.45) is 0 Å². The number of aromatic nitrogens is 2. The monoisotopic (exact) mass is 277 g/mol. The summed E-state index contributed by atoms with van der Waals surface area (Å²) in [6.45, 7) is 7.80. The van der Waals surface area contributed by atoms with Crippen LogP contribution in [-0.2, 0) is 0 Å². The van der Waals surface area contributed by atoms with Crippen LogP contribution in [0.3, 0.4) is 0 Å². The van der Waals surface area contributed by atoms with Gasteiger partial charge >= 0.3 is 0 Å². The van der Waals surface area contributed by atoms with Gasteiger partial charge in [0.25, 0.3) is 0 Å². The summed E-state index contributed by atoms with van der Waals surface area (Å²) in [7, 11) is 0. The summed E-state index contributed by atoms with van der Waals surface area (Å²) in [6.07, 6.45) is 2.33. The highest BCUT2D eigenvalue weighted by Crippen LogP contribution is 2.25. The molecule has 0 bridgehead atoms. The van der Waals surface area contributed by atoms with Crippen molar-refractivity contribution in [1.82, 2.24) is 15.3 Å². The average molecular weight is 277 g/mol. The standard InChI is InChI=1S/C15H23N3S/c1-4-10-16-12(5-2)11(3)19-15-17-13-8-6-7-9-14(13)18-15/h6-9,11-12,16H,4-5,10H2,1-3H3,(H,17,18). The molecule has 0 spiro atoms. The van der Waals surface area contributed by atoms with Crippen molar-refractivity contribution >= 4 is 22.8 Å². The van der Waals surface area contributed by atoms with Crippen molar-refractivity contribution in [3.05, 3.63) is 24.3 Å². The third-order valence-corrected chi connectivity index (χ3v) is 4.45. The van der Waals surface area contributed by atoms with Crippen LogP contribution in [0.1, 0.15) is 33.6 Å². The molecular weight excluding hydrogens is 254 g/mol. The first-order valence-electron chi connectivity index (χ1n) is 7.09. The molecule has 2 aromatic rings. The second kappa shape index (κ2) is 6.96. The number of thioether (sulfide) groups is 1. The molecule has 104 valence electrons. The molecule has 0 amide bonds. The lowest BCUT2D eigenvalue weighted by Crippen LogP contribution is -2.36. The van der Waals surface area contributed by atoms with Crippen LogP contribution in [0.15, 0.2) is 29.4 Å². The molecular formula is C15H23N3S. The smallest absolute Gasteiger partial charge is 0.166 e. The van der Waals surface area contributed by atoms with Crippen molar-refractivity contribution in [2.45, 2.75) is 50.1 Å². The van der Waals surface area contributed by atoms with Gasteiger partial charge in [0, 0.05) is 11.3 Å². The van der Waals surface area contributed by atoms with Gasteiger partial charge in [-0.2, -0.15) is 0 Å². The molecule has 2 rings (SSSR count). The van der Waals surface area contributed by atoms with E-state index in [2.05, 4.69) is 42.1 Å². The predicted octanol–water partition coefficient (Wildman–Crippen LogP) is 3.82. The SMILES string of the molecule is CCCNC(CC)C(C)Sc1nc2ccccc2[nH]1. The van der Waals surface area contributed by atoms with E-state index in [1.54, 1.807) is 0 Å². The van der Waals surface area contributed by atoms with Gasteiger partial charge in [0.2, 0.25) is 0 Å². The Kier molecular flexibility index (Phi) is 5.28. The summed E-state index contributed by atoms with van der Waals surface area (Å²) in [4.78, 5) is 8.01. The Labute approximate surface area is 119 Å². The molecule has 2 unspecified atom stereocenters. The van der Waals surface area contributed by atoms with Crippen LogP contribution in [-0.4, -0.2) is 27.8 Å². The van der Waals surface area contributed by atoms with Crippen molar-refractivity contribution in [3.63, 3.8) is 0 Å². The van der Waals surface area contributed by atoms with Gasteiger partial charge < -0.3 is 10.3 Å². The van der Waals surface area contributed by atoms with Crippen LogP contribution in [0.25, 0.3) is 11.0 Å². The first kappa shape index (κ1) is 14.4. The topological polar surface area (TPSA) is 40.7 Å². The van der Waals surface area contributed by atoms with Crippen LogP contribution >= 0.6 is 11.8 Å². The number of benzene rings is 1. The van der Waals surface area contributed by atoms with E-state index in [-0.39, 0.29) is 0 Å². The molecule has 1 heterocycles. The lowest BCUT2D eigenvalue weighted by molar-refractivity contribution is 0.493. The molecule has 0 saturated heterocycles. The molecule has 0 radical (unpaired) electrons. The van der Waals surface area contributed by atoms with E-state index in [4.69, 9.17) is 0 Å². The number of nitrogens with one attached hydrogen (secondary N) is 2. The molecule has 0 saturated carbocycles. The number of hydrogen-bond donors (Lipinski definition) is 2. The zero-order chi connectivity index (χ0) is 13.7. The third-order valence-electron chi connectivity index (χ3n) is 3.33. The highest BCUT2D eigenvalue weighted by molar-refractivity contribution is 7.99. The Balaban J connectivity index is 2.02. The zero-order valence-corrected chi connectivity index (χ0v) is 12.8. The minimum atomic E-state index is 0.511. The van der Waals surface area contributed by atoms with Crippen LogP contribution in [0.4, 0.5) is 0 Å². The second-order valence-electron chi connectivity index (χ2n) is 4.85. The molecule has 0 aliphatic rings. The number of imidazole rings is 1. The quantitative estimate of drug-likeness (QED) is 0.756. The van der Waals surface area contributed by atoms with Gasteiger partial charge in [0.15, 0.2) is 5.16 Å². The first-order valence-corrected chi connectivity index (χ1v) is 7.97. The summed E-state index contributed by atoms with van der Waals surface area (Å²) in [5.74, 6) is 0. The Morgan fingerprint density at radius 3 is 2.79 bits per heavy atom. The maximum absolute atomic E-state index is 4.63. The van der Waals surface area contributed by atoms with Gasteiger partial charge in [-0.1, -0.05) is 44.7 Å². The Morgan fingerprint density at radius 1 is 1.32 bits per heavy atom. The highest BCUT2D eigenvalue weighted by Gasteiger charge is 2.17. The fourth-order valence-electron chi connectivity index (χ4n) is 2.22. The van der Waals surface area contributed by atoms with Crippen LogP contribution in [0.2, 0.25) is 0 Å². The Hall–Kier alpha value is -1.00. The molecule has 1 aromatic carbocycles. The van der Waals surface area contributed by atoms with Crippen LogP contribution in [0.5, 0.6) is 0 Å². The lowest BCUT2D eigenvalue weighted by Gasteiger charge is -2.22. The van der Waals surface area contributed by atoms with Crippen LogP contribution < -0.4 is 5.32 Å². The number of aromatic amines is 1. The van der Waals surface area contributed by atoms with E-state index in [1.807, 2.05) is 30.0 Å². The van der Waals surface area contributed by atoms with E-state index in [0.29, 0.717) is 11.3 Å². The van der Waals surface area contributed by atoms with Crippen molar-refractivity contribution in [1.29, 1.82) is 0 Å². The van der Waals surface area contributed by atoms with Crippen molar-refractivity contribution in [3.8, 4) is 0 Å². The van der Waals surface area contributed by atoms with Gasteiger partial charge in [-0.3, -0.25) is 0 Å². The van der Waals surface area contributed by atoms with Gasteiger partial charge in [0.05, 0.1) is 11.0 Å². The zero-order valence-electron chi connectivity index (χ0n) is 11.9. The molecule has 19 heavy (non-hydrogen) atoms. The summed E-state index contributed by atoms with van der Waals surface area (Å²) < 4.78 is 0. The largest absolute Gasteiger partial charge is 0.333 e. The third kappa shape index (κ3) is 3.74. The minimum Gasteiger partial charge on any atom is -0.333 e. The first-order chi connectivity index (χ1) is 9.24. The maximum Gasteiger partial charge on any atom is 0.166 e. The predicted molar refractivity (Wildman–Crippen MR) is 83.8 cm³/mol. The van der Waals surface area contributed by atoms with E-state index >= 15 is 0 Å². The number of para-hydroxylation sites is 2. The number of fused-ring (bicyclic) bond motifs is 1. The maximum atomic E-state index is 4.63. The fraction of sp³-hybridized carbons (Fsp3) is 0.533. The summed E-state index contributed by atoms with van der Waals surface area (Å²) >= 11 is 1.82. The summed E-state index contributed by atoms with van der Waals surface area (Å²) in [6, 6.07) is 8.73. The van der Waals surface area contributed by atoms with Gasteiger partial charge in [0.1, 0.15) is 0 Å². The molecule has 1 aromatic heterocycles.